The summed E-state index contributed by atoms with van der Waals surface area (Å²) in [5, 5.41) is 3.68. The van der Waals surface area contributed by atoms with Crippen molar-refractivity contribution in [3.8, 4) is 5.75 Å². The summed E-state index contributed by atoms with van der Waals surface area (Å²) >= 11 is 0. The third-order valence-corrected chi connectivity index (χ3v) is 4.33. The molecule has 0 spiro atoms. The Bertz CT molecular complexity index is 614. The van der Waals surface area contributed by atoms with Gasteiger partial charge in [0.1, 0.15) is 5.75 Å². The molecule has 2 aliphatic heterocycles. The van der Waals surface area contributed by atoms with Crippen molar-refractivity contribution >= 4 is 5.69 Å². The second-order valence-electron chi connectivity index (χ2n) is 5.69. The minimum absolute atomic E-state index is 0.130. The van der Waals surface area contributed by atoms with Crippen LogP contribution in [0.15, 0.2) is 54.6 Å². The number of hydrogen-bond acceptors (Lipinski definition) is 3. The lowest BCUT2D eigenvalue weighted by atomic mass is 9.85. The van der Waals surface area contributed by atoms with Gasteiger partial charge in [-0.25, -0.2) is 0 Å². The maximum Gasteiger partial charge on any atom is 0.204 e. The molecular formula is C18H19NO2. The van der Waals surface area contributed by atoms with Crippen molar-refractivity contribution in [3.05, 3.63) is 60.2 Å². The predicted octanol–water partition coefficient (Wildman–Crippen LogP) is 3.98. The van der Waals surface area contributed by atoms with Gasteiger partial charge in [0.2, 0.25) is 6.29 Å². The molecule has 0 bridgehead atoms. The van der Waals surface area contributed by atoms with Crippen molar-refractivity contribution in [1.82, 2.24) is 0 Å². The van der Waals surface area contributed by atoms with E-state index in [-0.39, 0.29) is 12.3 Å². The van der Waals surface area contributed by atoms with Gasteiger partial charge in [0.05, 0.1) is 12.6 Å². The lowest BCUT2D eigenvalue weighted by Crippen LogP contribution is -2.43. The van der Waals surface area contributed by atoms with Gasteiger partial charge in [-0.15, -0.1) is 0 Å². The minimum Gasteiger partial charge on any atom is -0.464 e. The van der Waals surface area contributed by atoms with Crippen LogP contribution in [-0.2, 0) is 4.74 Å². The molecule has 2 aliphatic rings. The third-order valence-electron chi connectivity index (χ3n) is 4.33. The Balaban J connectivity index is 1.71. The van der Waals surface area contributed by atoms with Gasteiger partial charge in [-0.2, -0.15) is 0 Å². The van der Waals surface area contributed by atoms with E-state index in [2.05, 4.69) is 41.7 Å². The van der Waals surface area contributed by atoms with Crippen molar-refractivity contribution in [1.29, 1.82) is 0 Å². The van der Waals surface area contributed by atoms with Crippen molar-refractivity contribution < 1.29 is 9.47 Å². The minimum atomic E-state index is -0.130. The van der Waals surface area contributed by atoms with Gasteiger partial charge < -0.3 is 14.8 Å². The zero-order valence-electron chi connectivity index (χ0n) is 11.9. The largest absolute Gasteiger partial charge is 0.464 e. The molecule has 3 nitrogen and oxygen atoms in total. The first-order valence-electron chi connectivity index (χ1n) is 7.60. The molecule has 0 amide bonds. The normalized spacial score (nSPS) is 27.1. The molecule has 3 atom stereocenters. The van der Waals surface area contributed by atoms with Crippen LogP contribution in [0.3, 0.4) is 0 Å². The van der Waals surface area contributed by atoms with Crippen LogP contribution in [0, 0.1) is 5.92 Å². The molecule has 2 heterocycles. The Kier molecular flexibility index (Phi) is 3.28. The highest BCUT2D eigenvalue weighted by molar-refractivity contribution is 5.49. The summed E-state index contributed by atoms with van der Waals surface area (Å²) in [4.78, 5) is 0. The summed E-state index contributed by atoms with van der Waals surface area (Å²) in [7, 11) is 0. The van der Waals surface area contributed by atoms with E-state index in [9.17, 15) is 0 Å². The Morgan fingerprint density at radius 3 is 2.67 bits per heavy atom. The van der Waals surface area contributed by atoms with Gasteiger partial charge in [0, 0.05) is 17.2 Å². The summed E-state index contributed by atoms with van der Waals surface area (Å²) < 4.78 is 11.9. The maximum absolute atomic E-state index is 6.04. The van der Waals surface area contributed by atoms with Gasteiger partial charge in [-0.05, 0) is 31.0 Å². The Morgan fingerprint density at radius 1 is 0.952 bits per heavy atom. The summed E-state index contributed by atoms with van der Waals surface area (Å²) in [5.41, 5.74) is 2.37. The van der Waals surface area contributed by atoms with Crippen LogP contribution in [0.5, 0.6) is 5.75 Å². The van der Waals surface area contributed by atoms with Crippen molar-refractivity contribution in [3.63, 3.8) is 0 Å². The molecule has 21 heavy (non-hydrogen) atoms. The number of para-hydroxylation sites is 2. The van der Waals surface area contributed by atoms with Crippen molar-refractivity contribution in [2.75, 3.05) is 11.9 Å². The second-order valence-corrected chi connectivity index (χ2v) is 5.69. The van der Waals surface area contributed by atoms with Crippen LogP contribution in [-0.4, -0.2) is 12.9 Å². The first-order valence-corrected chi connectivity index (χ1v) is 7.60. The molecule has 0 aromatic heterocycles. The van der Waals surface area contributed by atoms with Crippen LogP contribution in [0.1, 0.15) is 24.4 Å². The van der Waals surface area contributed by atoms with Crippen LogP contribution < -0.4 is 10.1 Å². The highest BCUT2D eigenvalue weighted by Gasteiger charge is 2.40. The highest BCUT2D eigenvalue weighted by Crippen LogP contribution is 2.44. The fourth-order valence-electron chi connectivity index (χ4n) is 3.32. The van der Waals surface area contributed by atoms with Crippen molar-refractivity contribution in [2.45, 2.75) is 25.2 Å². The predicted molar refractivity (Wildman–Crippen MR) is 82.3 cm³/mol. The standard InChI is InChI=1S/C18H19NO2/c1-2-7-13(8-3-1)19-17-14-9-4-5-11-16(14)21-18-15(17)10-6-12-20-18/h1-5,7-9,11,15,17-19H,6,10,12H2/t15-,17+,18+/m1/s1. The zero-order chi connectivity index (χ0) is 14.1. The lowest BCUT2D eigenvalue weighted by molar-refractivity contribution is -0.154. The summed E-state index contributed by atoms with van der Waals surface area (Å²) in [6.45, 7) is 0.793. The average Bonchev–Trinajstić information content (AvgIpc) is 2.55. The molecule has 2 aromatic rings. The van der Waals surface area contributed by atoms with E-state index in [1.54, 1.807) is 0 Å². The van der Waals surface area contributed by atoms with Gasteiger partial charge >= 0.3 is 0 Å². The van der Waals surface area contributed by atoms with Crippen LogP contribution >= 0.6 is 0 Å². The van der Waals surface area contributed by atoms with Gasteiger partial charge in [0.25, 0.3) is 0 Å². The number of rotatable bonds is 2. The van der Waals surface area contributed by atoms with E-state index < -0.39 is 0 Å². The van der Waals surface area contributed by atoms with E-state index in [1.165, 1.54) is 5.56 Å². The second kappa shape index (κ2) is 5.41. The van der Waals surface area contributed by atoms with E-state index in [4.69, 9.17) is 9.47 Å². The average molecular weight is 281 g/mol. The summed E-state index contributed by atoms with van der Waals surface area (Å²) in [6, 6.07) is 18.9. The third kappa shape index (κ3) is 2.38. The fourth-order valence-corrected chi connectivity index (χ4v) is 3.32. The zero-order valence-corrected chi connectivity index (χ0v) is 11.9. The fraction of sp³-hybridized carbons (Fsp3) is 0.333. The van der Waals surface area contributed by atoms with E-state index in [0.717, 1.165) is 30.9 Å². The van der Waals surface area contributed by atoms with Crippen LogP contribution in [0.25, 0.3) is 0 Å². The van der Waals surface area contributed by atoms with Gasteiger partial charge in [-0.3, -0.25) is 0 Å². The molecule has 0 unspecified atom stereocenters. The highest BCUT2D eigenvalue weighted by atomic mass is 16.7. The lowest BCUT2D eigenvalue weighted by Gasteiger charge is -2.42. The molecular weight excluding hydrogens is 262 g/mol. The molecule has 1 saturated heterocycles. The quantitative estimate of drug-likeness (QED) is 0.903. The molecule has 2 aromatic carbocycles. The van der Waals surface area contributed by atoms with E-state index in [0.29, 0.717) is 5.92 Å². The van der Waals surface area contributed by atoms with E-state index >= 15 is 0 Å². The number of benzene rings is 2. The number of hydrogen-bond donors (Lipinski definition) is 1. The van der Waals surface area contributed by atoms with E-state index in [1.807, 2.05) is 18.2 Å². The first-order chi connectivity index (χ1) is 10.4. The molecule has 0 radical (unpaired) electrons. The molecule has 4 rings (SSSR count). The number of fused-ring (bicyclic) bond motifs is 2. The number of ether oxygens (including phenoxy) is 2. The molecule has 0 aliphatic carbocycles. The van der Waals surface area contributed by atoms with Gasteiger partial charge in [-0.1, -0.05) is 36.4 Å². The molecule has 1 fully saturated rings. The molecule has 1 N–H and O–H groups in total. The number of nitrogens with one attached hydrogen (secondary N) is 1. The molecule has 108 valence electrons. The molecule has 0 saturated carbocycles. The topological polar surface area (TPSA) is 30.5 Å². The monoisotopic (exact) mass is 281 g/mol. The maximum atomic E-state index is 6.04. The van der Waals surface area contributed by atoms with Crippen LogP contribution in [0.4, 0.5) is 5.69 Å². The van der Waals surface area contributed by atoms with Crippen LogP contribution in [0.2, 0.25) is 0 Å². The summed E-state index contributed by atoms with van der Waals surface area (Å²) in [6.07, 6.45) is 2.10. The first kappa shape index (κ1) is 12.7. The molecule has 3 heteroatoms. The number of anilines is 1. The van der Waals surface area contributed by atoms with Crippen molar-refractivity contribution in [2.24, 2.45) is 5.92 Å². The SMILES string of the molecule is c1ccc(N[C@H]2c3ccccc3O[C@@H]3OCCC[C@@H]32)cc1. The Hall–Kier alpha value is -2.00. The van der Waals surface area contributed by atoms with Gasteiger partial charge in [0.15, 0.2) is 0 Å². The Labute approximate surface area is 124 Å². The summed E-state index contributed by atoms with van der Waals surface area (Å²) in [5.74, 6) is 1.29. The smallest absolute Gasteiger partial charge is 0.204 e. The Morgan fingerprint density at radius 2 is 1.76 bits per heavy atom.